The molecule has 3 rings (SSSR count). The largest absolute Gasteiger partial charge is 0.356 e. The lowest BCUT2D eigenvalue weighted by Crippen LogP contribution is -2.37. The summed E-state index contributed by atoms with van der Waals surface area (Å²) in [5.41, 5.74) is 1.12. The second-order valence-electron chi connectivity index (χ2n) is 6.81. The molecule has 0 saturated heterocycles. The smallest absolute Gasteiger partial charge is 0.191 e. The number of hydrogen-bond donors (Lipinski definition) is 2. The Morgan fingerprint density at radius 2 is 2.11 bits per heavy atom. The Morgan fingerprint density at radius 3 is 2.78 bits per heavy atom. The number of hydrogen-bond acceptors (Lipinski definition) is 5. The Hall–Kier alpha value is -2.03. The summed E-state index contributed by atoms with van der Waals surface area (Å²) in [4.78, 5) is 4.29. The normalized spacial score (nSPS) is 15.4. The highest BCUT2D eigenvalue weighted by Gasteiger charge is 2.23. The molecule has 0 amide bonds. The molecule has 148 valence electrons. The van der Waals surface area contributed by atoms with Gasteiger partial charge in [-0.1, -0.05) is 24.6 Å². The molecule has 0 aliphatic heterocycles. The molecule has 8 nitrogen and oxygen atoms in total. The maximum atomic E-state index is 4.46. The van der Waals surface area contributed by atoms with Gasteiger partial charge in [0.15, 0.2) is 11.1 Å². The molecule has 0 spiro atoms. The average Bonchev–Trinajstić information content (AvgIpc) is 3.41. The zero-order valence-electron chi connectivity index (χ0n) is 16.5. The van der Waals surface area contributed by atoms with Crippen molar-refractivity contribution < 1.29 is 0 Å². The fourth-order valence-electron chi connectivity index (χ4n) is 3.57. The lowest BCUT2D eigenvalue weighted by atomic mass is 10.2. The monoisotopic (exact) mass is 390 g/mol. The van der Waals surface area contributed by atoms with Crippen molar-refractivity contribution in [1.29, 1.82) is 0 Å². The summed E-state index contributed by atoms with van der Waals surface area (Å²) in [6, 6.07) is 2.58. The van der Waals surface area contributed by atoms with E-state index in [-0.39, 0.29) is 0 Å². The number of aliphatic imine (C=N–C) groups is 1. The zero-order valence-corrected chi connectivity index (χ0v) is 17.3. The Bertz CT molecular complexity index is 744. The molecule has 2 aromatic heterocycles. The molecular weight excluding hydrogens is 360 g/mol. The Morgan fingerprint density at radius 1 is 1.30 bits per heavy atom. The van der Waals surface area contributed by atoms with Crippen LogP contribution >= 0.6 is 11.8 Å². The molecule has 2 aromatic rings. The number of thioether (sulfide) groups is 1. The van der Waals surface area contributed by atoms with Crippen molar-refractivity contribution in [3.8, 4) is 0 Å². The van der Waals surface area contributed by atoms with Crippen LogP contribution in [-0.4, -0.2) is 50.4 Å². The van der Waals surface area contributed by atoms with Crippen LogP contribution in [-0.2, 0) is 20.0 Å². The van der Waals surface area contributed by atoms with E-state index >= 15 is 0 Å². The van der Waals surface area contributed by atoms with Crippen LogP contribution in [0.2, 0.25) is 0 Å². The van der Waals surface area contributed by atoms with E-state index in [4.69, 9.17) is 0 Å². The van der Waals surface area contributed by atoms with E-state index in [9.17, 15) is 0 Å². The van der Waals surface area contributed by atoms with E-state index in [1.54, 1.807) is 25.0 Å². The summed E-state index contributed by atoms with van der Waals surface area (Å²) in [6.07, 6.45) is 10.9. The minimum Gasteiger partial charge on any atom is -0.356 e. The van der Waals surface area contributed by atoms with Gasteiger partial charge >= 0.3 is 0 Å². The highest BCUT2D eigenvalue weighted by Crippen LogP contribution is 2.33. The van der Waals surface area contributed by atoms with Crippen LogP contribution in [0.4, 0.5) is 0 Å². The molecule has 1 saturated carbocycles. The first-order valence-corrected chi connectivity index (χ1v) is 10.8. The summed E-state index contributed by atoms with van der Waals surface area (Å²) in [5.74, 6) is 1.92. The van der Waals surface area contributed by atoms with Crippen LogP contribution < -0.4 is 10.6 Å². The van der Waals surface area contributed by atoms with Gasteiger partial charge < -0.3 is 15.2 Å². The van der Waals surface area contributed by atoms with Crippen LogP contribution in [0.3, 0.4) is 0 Å². The minimum absolute atomic E-state index is 0.582. The third-order valence-electron chi connectivity index (χ3n) is 5.06. The van der Waals surface area contributed by atoms with Gasteiger partial charge in [-0.15, -0.1) is 10.2 Å². The molecule has 0 radical (unpaired) electrons. The van der Waals surface area contributed by atoms with Gasteiger partial charge in [-0.3, -0.25) is 9.67 Å². The molecule has 0 unspecified atom stereocenters. The molecule has 1 aliphatic carbocycles. The topological polar surface area (TPSA) is 84.9 Å². The van der Waals surface area contributed by atoms with E-state index in [2.05, 4.69) is 41.7 Å². The van der Waals surface area contributed by atoms with Crippen LogP contribution in [0, 0.1) is 0 Å². The number of rotatable bonds is 8. The second-order valence-corrected chi connectivity index (χ2v) is 7.59. The molecule has 9 heteroatoms. The number of nitrogens with one attached hydrogen (secondary N) is 2. The fraction of sp³-hybridized carbons (Fsp3) is 0.667. The van der Waals surface area contributed by atoms with E-state index in [1.165, 1.54) is 25.7 Å². The van der Waals surface area contributed by atoms with Gasteiger partial charge in [-0.05, 0) is 31.6 Å². The average molecular weight is 391 g/mol. The van der Waals surface area contributed by atoms with Crippen molar-refractivity contribution in [3.05, 3.63) is 23.8 Å². The highest BCUT2D eigenvalue weighted by atomic mass is 32.2. The molecule has 27 heavy (non-hydrogen) atoms. The third kappa shape index (κ3) is 5.03. The number of nitrogens with zero attached hydrogens (tertiary/aromatic N) is 6. The summed E-state index contributed by atoms with van der Waals surface area (Å²) in [6.45, 7) is 1.54. The second kappa shape index (κ2) is 9.77. The van der Waals surface area contributed by atoms with Crippen molar-refractivity contribution in [2.75, 3.05) is 19.8 Å². The standard InChI is InChI=1S/C18H30N8S/c1-19-17(21-13-15-10-12-22-25(15)2)20-11-6-9-16-23-24-18(27-3)26(16)14-7-4-5-8-14/h10,12,14H,4-9,11,13H2,1-3H3,(H2,19,20,21). The first kappa shape index (κ1) is 19.7. The molecule has 1 aliphatic rings. The van der Waals surface area contributed by atoms with Gasteiger partial charge in [0.05, 0.1) is 12.2 Å². The summed E-state index contributed by atoms with van der Waals surface area (Å²) in [7, 11) is 3.73. The predicted octanol–water partition coefficient (Wildman–Crippen LogP) is 2.15. The molecule has 2 N–H and O–H groups in total. The summed E-state index contributed by atoms with van der Waals surface area (Å²) >= 11 is 1.69. The van der Waals surface area contributed by atoms with E-state index in [0.717, 1.165) is 42.0 Å². The van der Waals surface area contributed by atoms with E-state index in [0.29, 0.717) is 12.6 Å². The van der Waals surface area contributed by atoms with Crippen molar-refractivity contribution in [1.82, 2.24) is 35.2 Å². The van der Waals surface area contributed by atoms with Crippen molar-refractivity contribution in [2.24, 2.45) is 12.0 Å². The molecule has 0 aromatic carbocycles. The molecule has 2 heterocycles. The zero-order chi connectivity index (χ0) is 19.1. The van der Waals surface area contributed by atoms with Gasteiger partial charge in [-0.25, -0.2) is 0 Å². The Balaban J connectivity index is 1.46. The van der Waals surface area contributed by atoms with Crippen LogP contribution in [0.5, 0.6) is 0 Å². The van der Waals surface area contributed by atoms with Crippen molar-refractivity contribution >= 4 is 17.7 Å². The van der Waals surface area contributed by atoms with Crippen molar-refractivity contribution in [3.63, 3.8) is 0 Å². The van der Waals surface area contributed by atoms with Gasteiger partial charge in [0, 0.05) is 39.3 Å². The lowest BCUT2D eigenvalue weighted by molar-refractivity contribution is 0.460. The minimum atomic E-state index is 0.582. The molecule has 0 atom stereocenters. The molecular formula is C18H30N8S. The maximum absolute atomic E-state index is 4.46. The first-order chi connectivity index (χ1) is 13.2. The van der Waals surface area contributed by atoms with Crippen LogP contribution in [0.25, 0.3) is 0 Å². The maximum Gasteiger partial charge on any atom is 0.191 e. The lowest BCUT2D eigenvalue weighted by Gasteiger charge is -2.16. The quantitative estimate of drug-likeness (QED) is 0.311. The molecule has 0 bridgehead atoms. The van der Waals surface area contributed by atoms with Crippen LogP contribution in [0.1, 0.15) is 49.7 Å². The fourth-order valence-corrected chi connectivity index (χ4v) is 4.14. The third-order valence-corrected chi connectivity index (χ3v) is 5.70. The van der Waals surface area contributed by atoms with Gasteiger partial charge in [0.2, 0.25) is 0 Å². The summed E-state index contributed by atoms with van der Waals surface area (Å²) in [5, 5.41) is 20.8. The van der Waals surface area contributed by atoms with Gasteiger partial charge in [0.1, 0.15) is 5.82 Å². The number of aromatic nitrogens is 5. The van der Waals surface area contributed by atoms with Crippen LogP contribution in [0.15, 0.2) is 22.4 Å². The summed E-state index contributed by atoms with van der Waals surface area (Å²) < 4.78 is 4.24. The SMILES string of the molecule is CN=C(NCCCc1nnc(SC)n1C1CCCC1)NCc1ccnn1C. The Labute approximate surface area is 165 Å². The number of aryl methyl sites for hydroxylation is 2. The Kier molecular flexibility index (Phi) is 7.14. The predicted molar refractivity (Wildman–Crippen MR) is 109 cm³/mol. The van der Waals surface area contributed by atoms with Crippen molar-refractivity contribution in [2.45, 2.75) is 56.3 Å². The first-order valence-electron chi connectivity index (χ1n) is 9.62. The molecule has 1 fully saturated rings. The van der Waals surface area contributed by atoms with Gasteiger partial charge in [0.25, 0.3) is 0 Å². The van der Waals surface area contributed by atoms with Gasteiger partial charge in [-0.2, -0.15) is 5.10 Å². The number of guanidine groups is 1. The highest BCUT2D eigenvalue weighted by molar-refractivity contribution is 7.98. The van der Waals surface area contributed by atoms with E-state index in [1.807, 2.05) is 17.8 Å². The van der Waals surface area contributed by atoms with E-state index < -0.39 is 0 Å².